The van der Waals surface area contributed by atoms with Crippen LogP contribution in [0.2, 0.25) is 0 Å². The van der Waals surface area contributed by atoms with Gasteiger partial charge in [-0.15, -0.1) is 5.10 Å². The molecule has 2 unspecified atom stereocenters. The first-order valence-corrected chi connectivity index (χ1v) is 5.55. The average Bonchev–Trinajstić information content (AvgIpc) is 2.87. The highest BCUT2D eigenvalue weighted by molar-refractivity contribution is 5.82. The molecule has 0 saturated carbocycles. The Kier molecular flexibility index (Phi) is 2.91. The summed E-state index contributed by atoms with van der Waals surface area (Å²) in [6.07, 6.45) is 3.40. The molecule has 2 heterocycles. The molecule has 1 aromatic rings. The van der Waals surface area contributed by atoms with E-state index in [4.69, 9.17) is 5.73 Å². The van der Waals surface area contributed by atoms with E-state index in [0.29, 0.717) is 0 Å². The van der Waals surface area contributed by atoms with Gasteiger partial charge < -0.3 is 10.6 Å². The van der Waals surface area contributed by atoms with Crippen LogP contribution < -0.4 is 5.73 Å². The van der Waals surface area contributed by atoms with Crippen LogP contribution >= 0.6 is 0 Å². The Balaban J connectivity index is 2.16. The van der Waals surface area contributed by atoms with Crippen molar-refractivity contribution in [1.29, 1.82) is 0 Å². The second kappa shape index (κ2) is 4.21. The molecule has 2 N–H and O–H groups in total. The van der Waals surface area contributed by atoms with Gasteiger partial charge in [0.15, 0.2) is 0 Å². The number of nitrogens with two attached hydrogens (primary N) is 1. The molecule has 0 bridgehead atoms. The Morgan fingerprint density at radius 3 is 3.00 bits per heavy atom. The third-order valence-corrected chi connectivity index (χ3v) is 3.07. The van der Waals surface area contributed by atoms with E-state index in [1.54, 1.807) is 22.8 Å². The number of hydrogen-bond donors (Lipinski definition) is 1. The van der Waals surface area contributed by atoms with Crippen molar-refractivity contribution in [3.8, 4) is 0 Å². The fraction of sp³-hybridized carbons (Fsp3) is 0.700. The van der Waals surface area contributed by atoms with Crippen LogP contribution in [0.1, 0.15) is 37.5 Å². The van der Waals surface area contributed by atoms with Gasteiger partial charge in [-0.1, -0.05) is 12.1 Å². The van der Waals surface area contributed by atoms with Crippen LogP contribution in [0.25, 0.3) is 0 Å². The summed E-state index contributed by atoms with van der Waals surface area (Å²) in [7, 11) is 1.80. The van der Waals surface area contributed by atoms with Gasteiger partial charge in [0.2, 0.25) is 5.91 Å². The summed E-state index contributed by atoms with van der Waals surface area (Å²) >= 11 is 0. The van der Waals surface area contributed by atoms with Crippen LogP contribution in [0.4, 0.5) is 0 Å². The smallest absolute Gasteiger partial charge is 0.247 e. The summed E-state index contributed by atoms with van der Waals surface area (Å²) in [5.41, 5.74) is 6.61. The number of likely N-dealkylation sites (N-methyl/N-ethyl adjacent to an activating group) is 1. The van der Waals surface area contributed by atoms with Crippen LogP contribution in [0.5, 0.6) is 0 Å². The Bertz CT molecular complexity index is 388. The number of amides is 1. The third kappa shape index (κ3) is 1.80. The summed E-state index contributed by atoms with van der Waals surface area (Å²) in [5, 5.41) is 8.00. The molecular formula is C10H17N5O. The van der Waals surface area contributed by atoms with Gasteiger partial charge in [0.05, 0.1) is 17.9 Å². The van der Waals surface area contributed by atoms with Gasteiger partial charge in [-0.25, -0.2) is 4.68 Å². The minimum absolute atomic E-state index is 0.0945. The lowest BCUT2D eigenvalue weighted by Gasteiger charge is -2.09. The molecule has 1 aliphatic heterocycles. The van der Waals surface area contributed by atoms with Crippen molar-refractivity contribution >= 4 is 5.91 Å². The van der Waals surface area contributed by atoms with Crippen LogP contribution in [0.3, 0.4) is 0 Å². The minimum atomic E-state index is -0.199. The Morgan fingerprint density at radius 1 is 1.69 bits per heavy atom. The molecule has 0 spiro atoms. The first-order valence-electron chi connectivity index (χ1n) is 5.55. The molecule has 6 heteroatoms. The fourth-order valence-electron chi connectivity index (χ4n) is 1.87. The van der Waals surface area contributed by atoms with E-state index in [0.717, 1.165) is 25.1 Å². The molecule has 1 saturated heterocycles. The predicted octanol–water partition coefficient (Wildman–Crippen LogP) is 0.0911. The molecule has 88 valence electrons. The number of likely N-dealkylation sites (tertiary alicyclic amines) is 1. The minimum Gasteiger partial charge on any atom is -0.344 e. The SMILES string of the molecule is CCC(N)c1cn(C2CCN(C)C2=O)nn1. The van der Waals surface area contributed by atoms with Crippen molar-refractivity contribution in [1.82, 2.24) is 19.9 Å². The maximum absolute atomic E-state index is 11.8. The van der Waals surface area contributed by atoms with E-state index >= 15 is 0 Å². The van der Waals surface area contributed by atoms with Crippen molar-refractivity contribution in [2.75, 3.05) is 13.6 Å². The maximum atomic E-state index is 11.8. The number of carbonyl (C=O) groups is 1. The van der Waals surface area contributed by atoms with Gasteiger partial charge in [-0.3, -0.25) is 4.79 Å². The van der Waals surface area contributed by atoms with Gasteiger partial charge in [0.1, 0.15) is 6.04 Å². The third-order valence-electron chi connectivity index (χ3n) is 3.07. The summed E-state index contributed by atoms with van der Waals surface area (Å²) in [4.78, 5) is 13.5. The van der Waals surface area contributed by atoms with Crippen LogP contribution in [0, 0.1) is 0 Å². The largest absolute Gasteiger partial charge is 0.344 e. The van der Waals surface area contributed by atoms with Crippen LogP contribution in [0.15, 0.2) is 6.20 Å². The normalized spacial score (nSPS) is 22.8. The van der Waals surface area contributed by atoms with E-state index in [1.807, 2.05) is 6.92 Å². The van der Waals surface area contributed by atoms with Crippen molar-refractivity contribution in [2.24, 2.45) is 5.73 Å². The zero-order valence-corrected chi connectivity index (χ0v) is 9.63. The molecule has 1 aliphatic rings. The number of hydrogen-bond acceptors (Lipinski definition) is 4. The molecule has 6 nitrogen and oxygen atoms in total. The van der Waals surface area contributed by atoms with Crippen LogP contribution in [-0.4, -0.2) is 39.4 Å². The van der Waals surface area contributed by atoms with E-state index in [9.17, 15) is 4.79 Å². The van der Waals surface area contributed by atoms with Gasteiger partial charge in [-0.05, 0) is 12.8 Å². The Hall–Kier alpha value is -1.43. The van der Waals surface area contributed by atoms with E-state index < -0.39 is 0 Å². The van der Waals surface area contributed by atoms with Gasteiger partial charge in [0, 0.05) is 13.6 Å². The van der Waals surface area contributed by atoms with Gasteiger partial charge >= 0.3 is 0 Å². The molecule has 16 heavy (non-hydrogen) atoms. The van der Waals surface area contributed by atoms with E-state index in [1.165, 1.54) is 0 Å². The Morgan fingerprint density at radius 2 is 2.44 bits per heavy atom. The molecule has 1 fully saturated rings. The lowest BCUT2D eigenvalue weighted by molar-refractivity contribution is -0.129. The predicted molar refractivity (Wildman–Crippen MR) is 58.5 cm³/mol. The lowest BCUT2D eigenvalue weighted by atomic mass is 10.2. The number of aromatic nitrogens is 3. The Labute approximate surface area is 94.4 Å². The first kappa shape index (κ1) is 11.1. The summed E-state index contributed by atoms with van der Waals surface area (Å²) in [6, 6.07) is -0.293. The molecular weight excluding hydrogens is 206 g/mol. The molecule has 2 atom stereocenters. The van der Waals surface area contributed by atoms with Crippen molar-refractivity contribution < 1.29 is 4.79 Å². The van der Waals surface area contributed by atoms with Crippen LogP contribution in [-0.2, 0) is 4.79 Å². The quantitative estimate of drug-likeness (QED) is 0.788. The summed E-state index contributed by atoms with van der Waals surface area (Å²) < 4.78 is 1.64. The summed E-state index contributed by atoms with van der Waals surface area (Å²) in [5.74, 6) is 0.0986. The van der Waals surface area contributed by atoms with Crippen molar-refractivity contribution in [3.63, 3.8) is 0 Å². The molecule has 0 aliphatic carbocycles. The zero-order chi connectivity index (χ0) is 11.7. The van der Waals surface area contributed by atoms with Gasteiger partial charge in [0.25, 0.3) is 0 Å². The molecule has 0 radical (unpaired) electrons. The maximum Gasteiger partial charge on any atom is 0.247 e. The molecule has 2 rings (SSSR count). The highest BCUT2D eigenvalue weighted by Gasteiger charge is 2.31. The molecule has 1 aromatic heterocycles. The van der Waals surface area contributed by atoms with Gasteiger partial charge in [-0.2, -0.15) is 0 Å². The molecule has 0 aromatic carbocycles. The second-order valence-electron chi connectivity index (χ2n) is 4.20. The topological polar surface area (TPSA) is 77.0 Å². The highest BCUT2D eigenvalue weighted by Crippen LogP contribution is 2.22. The monoisotopic (exact) mass is 223 g/mol. The summed E-state index contributed by atoms with van der Waals surface area (Å²) in [6.45, 7) is 2.77. The first-order chi connectivity index (χ1) is 7.63. The number of nitrogens with zero attached hydrogens (tertiary/aromatic N) is 4. The van der Waals surface area contributed by atoms with E-state index in [-0.39, 0.29) is 18.0 Å². The molecule has 1 amide bonds. The standard InChI is InChI=1S/C10H17N5O/c1-3-7(11)8-6-15(13-12-8)9-4-5-14(2)10(9)16/h6-7,9H,3-5,11H2,1-2H3. The second-order valence-corrected chi connectivity index (χ2v) is 4.20. The number of rotatable bonds is 3. The van der Waals surface area contributed by atoms with Crippen molar-refractivity contribution in [3.05, 3.63) is 11.9 Å². The zero-order valence-electron chi connectivity index (χ0n) is 9.63. The van der Waals surface area contributed by atoms with E-state index in [2.05, 4.69) is 10.3 Å². The number of carbonyl (C=O) groups excluding carboxylic acids is 1. The highest BCUT2D eigenvalue weighted by atomic mass is 16.2. The lowest BCUT2D eigenvalue weighted by Crippen LogP contribution is -2.24. The fourth-order valence-corrected chi connectivity index (χ4v) is 1.87. The average molecular weight is 223 g/mol. The van der Waals surface area contributed by atoms with Crippen molar-refractivity contribution in [2.45, 2.75) is 31.8 Å².